The molecule has 2 atom stereocenters. The van der Waals surface area contributed by atoms with Gasteiger partial charge in [-0.3, -0.25) is 4.79 Å². The van der Waals surface area contributed by atoms with Gasteiger partial charge in [-0.25, -0.2) is 0 Å². The van der Waals surface area contributed by atoms with E-state index in [9.17, 15) is 9.90 Å². The number of hydrogen-bond donors (Lipinski definition) is 2. The summed E-state index contributed by atoms with van der Waals surface area (Å²) in [7, 11) is 0. The molecule has 1 rings (SSSR count). The topological polar surface area (TPSA) is 49.3 Å². The maximum absolute atomic E-state index is 11.0. The molecule has 2 unspecified atom stereocenters. The molecule has 0 bridgehead atoms. The molecule has 12 heavy (non-hydrogen) atoms. The van der Waals surface area contributed by atoms with Crippen molar-refractivity contribution in [1.29, 1.82) is 0 Å². The second kappa shape index (κ2) is 4.94. The summed E-state index contributed by atoms with van der Waals surface area (Å²) in [6, 6.07) is -0.0243. The SMILES string of the molecule is O=C(CBr)CC1NCCCC1O. The van der Waals surface area contributed by atoms with Gasteiger partial charge in [-0.2, -0.15) is 0 Å². The summed E-state index contributed by atoms with van der Waals surface area (Å²) >= 11 is 3.10. The number of alkyl halides is 1. The molecule has 1 aliphatic heterocycles. The van der Waals surface area contributed by atoms with Gasteiger partial charge in [-0.1, -0.05) is 15.9 Å². The molecule has 0 aromatic carbocycles. The molecule has 0 aromatic rings. The molecule has 70 valence electrons. The van der Waals surface area contributed by atoms with Crippen molar-refractivity contribution >= 4 is 21.7 Å². The van der Waals surface area contributed by atoms with Gasteiger partial charge >= 0.3 is 0 Å². The predicted molar refractivity (Wildman–Crippen MR) is 50.4 cm³/mol. The van der Waals surface area contributed by atoms with Crippen LogP contribution >= 0.6 is 15.9 Å². The summed E-state index contributed by atoms with van der Waals surface area (Å²) in [6.07, 6.45) is 1.90. The number of hydrogen-bond acceptors (Lipinski definition) is 3. The van der Waals surface area contributed by atoms with E-state index in [0.29, 0.717) is 11.8 Å². The highest BCUT2D eigenvalue weighted by molar-refractivity contribution is 9.09. The molecule has 0 spiro atoms. The Labute approximate surface area is 80.7 Å². The highest BCUT2D eigenvalue weighted by Gasteiger charge is 2.23. The summed E-state index contributed by atoms with van der Waals surface area (Å²) < 4.78 is 0. The third kappa shape index (κ3) is 2.84. The number of ketones is 1. The Morgan fingerprint density at radius 3 is 3.00 bits per heavy atom. The molecule has 2 N–H and O–H groups in total. The molecule has 4 heteroatoms. The van der Waals surface area contributed by atoms with Crippen LogP contribution in [0.3, 0.4) is 0 Å². The van der Waals surface area contributed by atoms with Crippen LogP contribution < -0.4 is 5.32 Å². The third-order valence-electron chi connectivity index (χ3n) is 2.14. The molecule has 0 radical (unpaired) electrons. The summed E-state index contributed by atoms with van der Waals surface area (Å²) in [4.78, 5) is 11.0. The van der Waals surface area contributed by atoms with E-state index < -0.39 is 0 Å². The van der Waals surface area contributed by atoms with E-state index in [1.165, 1.54) is 0 Å². The normalized spacial score (nSPS) is 30.2. The zero-order valence-corrected chi connectivity index (χ0v) is 8.51. The van der Waals surface area contributed by atoms with Crippen LogP contribution in [-0.4, -0.2) is 34.9 Å². The van der Waals surface area contributed by atoms with E-state index in [1.807, 2.05) is 0 Å². The first kappa shape index (κ1) is 10.2. The van der Waals surface area contributed by atoms with Crippen LogP contribution in [0.1, 0.15) is 19.3 Å². The molecule has 3 nitrogen and oxygen atoms in total. The van der Waals surface area contributed by atoms with E-state index in [0.717, 1.165) is 19.4 Å². The van der Waals surface area contributed by atoms with Crippen LogP contribution in [0.25, 0.3) is 0 Å². The van der Waals surface area contributed by atoms with Crippen LogP contribution in [0.4, 0.5) is 0 Å². The van der Waals surface area contributed by atoms with Gasteiger partial charge in [0.05, 0.1) is 11.4 Å². The van der Waals surface area contributed by atoms with Crippen LogP contribution in [0.5, 0.6) is 0 Å². The van der Waals surface area contributed by atoms with Gasteiger partial charge in [0.1, 0.15) is 5.78 Å². The largest absolute Gasteiger partial charge is 0.391 e. The summed E-state index contributed by atoms with van der Waals surface area (Å²) in [5.74, 6) is 0.147. The molecule has 0 aromatic heterocycles. The number of aliphatic hydroxyl groups is 1. The number of carbonyl (C=O) groups is 1. The molecule has 0 amide bonds. The number of Topliss-reactive ketones (excluding diaryl/α,β-unsaturated/α-hetero) is 1. The first-order chi connectivity index (χ1) is 5.74. The molecule has 0 saturated carbocycles. The lowest BCUT2D eigenvalue weighted by molar-refractivity contribution is -0.117. The maximum Gasteiger partial charge on any atom is 0.145 e. The van der Waals surface area contributed by atoms with Gasteiger partial charge in [0.25, 0.3) is 0 Å². The van der Waals surface area contributed by atoms with Gasteiger partial charge < -0.3 is 10.4 Å². The Bertz CT molecular complexity index is 163. The lowest BCUT2D eigenvalue weighted by Crippen LogP contribution is -2.46. The Morgan fingerprint density at radius 2 is 2.42 bits per heavy atom. The second-order valence-corrected chi connectivity index (χ2v) is 3.71. The summed E-state index contributed by atoms with van der Waals surface area (Å²) in [5.41, 5.74) is 0. The molecular formula is C8H14BrNO2. The van der Waals surface area contributed by atoms with E-state index in [-0.39, 0.29) is 17.9 Å². The van der Waals surface area contributed by atoms with Crippen molar-refractivity contribution in [3.05, 3.63) is 0 Å². The van der Waals surface area contributed by atoms with E-state index >= 15 is 0 Å². The molecule has 1 saturated heterocycles. The Morgan fingerprint density at radius 1 is 1.67 bits per heavy atom. The highest BCUT2D eigenvalue weighted by atomic mass is 79.9. The highest BCUT2D eigenvalue weighted by Crippen LogP contribution is 2.11. The Balaban J connectivity index is 2.33. The Hall–Kier alpha value is 0.0700. The van der Waals surface area contributed by atoms with Crippen LogP contribution in [-0.2, 0) is 4.79 Å². The van der Waals surface area contributed by atoms with Gasteiger partial charge in [-0.15, -0.1) is 0 Å². The van der Waals surface area contributed by atoms with Crippen molar-refractivity contribution in [1.82, 2.24) is 5.32 Å². The third-order valence-corrected chi connectivity index (χ3v) is 2.77. The number of halogens is 1. The monoisotopic (exact) mass is 235 g/mol. The fourth-order valence-electron chi connectivity index (χ4n) is 1.44. The maximum atomic E-state index is 11.0. The number of aliphatic hydroxyl groups excluding tert-OH is 1. The number of piperidine rings is 1. The summed E-state index contributed by atoms with van der Waals surface area (Å²) in [5, 5.41) is 13.0. The van der Waals surface area contributed by atoms with E-state index in [4.69, 9.17) is 0 Å². The standard InChI is InChI=1S/C8H14BrNO2/c9-5-6(11)4-7-8(12)2-1-3-10-7/h7-8,10,12H,1-5H2. The molecule has 1 fully saturated rings. The second-order valence-electron chi connectivity index (χ2n) is 3.15. The van der Waals surface area contributed by atoms with Crippen molar-refractivity contribution in [2.24, 2.45) is 0 Å². The molecule has 1 aliphatic rings. The lowest BCUT2D eigenvalue weighted by Gasteiger charge is -2.28. The van der Waals surface area contributed by atoms with Gasteiger partial charge in [0.15, 0.2) is 0 Å². The first-order valence-corrected chi connectivity index (χ1v) is 5.35. The molecular weight excluding hydrogens is 222 g/mol. The summed E-state index contributed by atoms with van der Waals surface area (Å²) in [6.45, 7) is 0.914. The van der Waals surface area contributed by atoms with Gasteiger partial charge in [-0.05, 0) is 19.4 Å². The van der Waals surface area contributed by atoms with Crippen molar-refractivity contribution in [3.63, 3.8) is 0 Å². The van der Waals surface area contributed by atoms with E-state index in [2.05, 4.69) is 21.2 Å². The van der Waals surface area contributed by atoms with Crippen molar-refractivity contribution in [2.45, 2.75) is 31.4 Å². The Kier molecular flexibility index (Phi) is 4.18. The van der Waals surface area contributed by atoms with E-state index in [1.54, 1.807) is 0 Å². The predicted octanol–water partition coefficient (Wildman–Crippen LogP) is 0.453. The number of carbonyl (C=O) groups excluding carboxylic acids is 1. The van der Waals surface area contributed by atoms with Gasteiger partial charge in [0.2, 0.25) is 0 Å². The zero-order valence-electron chi connectivity index (χ0n) is 6.92. The average molecular weight is 236 g/mol. The minimum Gasteiger partial charge on any atom is -0.391 e. The first-order valence-electron chi connectivity index (χ1n) is 4.23. The zero-order chi connectivity index (χ0) is 8.97. The number of nitrogens with one attached hydrogen (secondary N) is 1. The quantitative estimate of drug-likeness (QED) is 0.699. The fourth-order valence-corrected chi connectivity index (χ4v) is 1.67. The van der Waals surface area contributed by atoms with Gasteiger partial charge in [0, 0.05) is 12.5 Å². The number of rotatable bonds is 3. The minimum absolute atomic E-state index is 0.0243. The van der Waals surface area contributed by atoms with Crippen molar-refractivity contribution in [3.8, 4) is 0 Å². The minimum atomic E-state index is -0.346. The van der Waals surface area contributed by atoms with Crippen LogP contribution in [0, 0.1) is 0 Å². The lowest BCUT2D eigenvalue weighted by atomic mass is 9.97. The van der Waals surface area contributed by atoms with Crippen LogP contribution in [0.2, 0.25) is 0 Å². The van der Waals surface area contributed by atoms with Crippen molar-refractivity contribution in [2.75, 3.05) is 11.9 Å². The molecule has 0 aliphatic carbocycles. The van der Waals surface area contributed by atoms with Crippen LogP contribution in [0.15, 0.2) is 0 Å². The smallest absolute Gasteiger partial charge is 0.145 e. The van der Waals surface area contributed by atoms with Crippen molar-refractivity contribution < 1.29 is 9.90 Å². The fraction of sp³-hybridized carbons (Fsp3) is 0.875. The molecule has 1 heterocycles. The average Bonchev–Trinajstić information content (AvgIpc) is 2.09.